The molecule has 0 fully saturated rings. The van der Waals surface area contributed by atoms with Gasteiger partial charge in [-0.2, -0.15) is 0 Å². The molecule has 3 nitrogen and oxygen atoms in total. The monoisotopic (exact) mass is 262 g/mol. The molecular weight excluding hydrogens is 236 g/mol. The highest BCUT2D eigenvalue weighted by molar-refractivity contribution is 5.76. The molecule has 0 heterocycles. The summed E-state index contributed by atoms with van der Waals surface area (Å²) in [6.45, 7) is 9.57. The number of rotatable bonds is 6. The van der Waals surface area contributed by atoms with Crippen LogP contribution in [0.5, 0.6) is 0 Å². The topological polar surface area (TPSA) is 55.1 Å². The molecule has 0 radical (unpaired) electrons. The van der Waals surface area contributed by atoms with Gasteiger partial charge in [-0.25, -0.2) is 0 Å². The fraction of sp³-hybridized carbons (Fsp3) is 0.562. The highest BCUT2D eigenvalue weighted by Crippen LogP contribution is 2.23. The van der Waals surface area contributed by atoms with Gasteiger partial charge in [0.1, 0.15) is 0 Å². The zero-order valence-electron chi connectivity index (χ0n) is 12.5. The SMILES string of the molecule is Cc1cccc(C(C)(C)CNC(=O)CC(C)CN)c1. The summed E-state index contributed by atoms with van der Waals surface area (Å²) in [5.74, 6) is 0.320. The number of carbonyl (C=O) groups excluding carboxylic acids is 1. The third-order valence-electron chi connectivity index (χ3n) is 3.46. The van der Waals surface area contributed by atoms with Crippen LogP contribution >= 0.6 is 0 Å². The van der Waals surface area contributed by atoms with Gasteiger partial charge in [0, 0.05) is 18.4 Å². The van der Waals surface area contributed by atoms with Crippen molar-refractivity contribution in [2.24, 2.45) is 11.7 Å². The van der Waals surface area contributed by atoms with Crippen LogP contribution in [0.3, 0.4) is 0 Å². The number of hydrogen-bond donors (Lipinski definition) is 2. The van der Waals surface area contributed by atoms with E-state index in [2.05, 4.69) is 50.4 Å². The molecule has 0 bridgehead atoms. The summed E-state index contributed by atoms with van der Waals surface area (Å²) < 4.78 is 0. The number of carbonyl (C=O) groups is 1. The average Bonchev–Trinajstić information content (AvgIpc) is 2.36. The van der Waals surface area contributed by atoms with Crippen molar-refractivity contribution in [1.29, 1.82) is 0 Å². The molecule has 1 unspecified atom stereocenters. The summed E-state index contributed by atoms with van der Waals surface area (Å²) in [5.41, 5.74) is 7.96. The molecule has 1 aromatic carbocycles. The number of nitrogens with two attached hydrogens (primary N) is 1. The number of hydrogen-bond acceptors (Lipinski definition) is 2. The minimum absolute atomic E-state index is 0.0619. The van der Waals surface area contributed by atoms with E-state index >= 15 is 0 Å². The van der Waals surface area contributed by atoms with Crippen molar-refractivity contribution in [3.8, 4) is 0 Å². The molecule has 1 atom stereocenters. The van der Waals surface area contributed by atoms with E-state index in [-0.39, 0.29) is 17.2 Å². The number of amides is 1. The van der Waals surface area contributed by atoms with E-state index in [0.29, 0.717) is 19.5 Å². The minimum atomic E-state index is -0.0619. The van der Waals surface area contributed by atoms with E-state index in [1.165, 1.54) is 11.1 Å². The fourth-order valence-corrected chi connectivity index (χ4v) is 1.96. The Morgan fingerprint density at radius 1 is 1.42 bits per heavy atom. The second-order valence-electron chi connectivity index (χ2n) is 6.08. The molecule has 1 amide bonds. The molecule has 1 rings (SSSR count). The number of nitrogens with one attached hydrogen (secondary N) is 1. The summed E-state index contributed by atoms with van der Waals surface area (Å²) in [4.78, 5) is 11.8. The van der Waals surface area contributed by atoms with Crippen LogP contribution in [0.1, 0.15) is 38.3 Å². The first kappa shape index (κ1) is 15.7. The van der Waals surface area contributed by atoms with Crippen LogP contribution in [0.4, 0.5) is 0 Å². The molecule has 1 aromatic rings. The smallest absolute Gasteiger partial charge is 0.220 e. The highest BCUT2D eigenvalue weighted by atomic mass is 16.1. The average molecular weight is 262 g/mol. The van der Waals surface area contributed by atoms with E-state index in [4.69, 9.17) is 5.73 Å². The summed E-state index contributed by atoms with van der Waals surface area (Å²) in [6.07, 6.45) is 0.500. The first-order valence-corrected chi connectivity index (χ1v) is 6.89. The van der Waals surface area contributed by atoms with Gasteiger partial charge in [0.15, 0.2) is 0 Å². The quantitative estimate of drug-likeness (QED) is 0.827. The Labute approximate surface area is 116 Å². The molecule has 0 spiro atoms. The number of benzene rings is 1. The van der Waals surface area contributed by atoms with Crippen molar-refractivity contribution >= 4 is 5.91 Å². The lowest BCUT2D eigenvalue weighted by atomic mass is 9.84. The van der Waals surface area contributed by atoms with Crippen LogP contribution in [0.15, 0.2) is 24.3 Å². The number of aryl methyl sites for hydroxylation is 1. The molecule has 0 aromatic heterocycles. The van der Waals surface area contributed by atoms with E-state index < -0.39 is 0 Å². The Morgan fingerprint density at radius 3 is 2.68 bits per heavy atom. The van der Waals surface area contributed by atoms with Gasteiger partial charge in [0.25, 0.3) is 0 Å². The van der Waals surface area contributed by atoms with E-state index in [0.717, 1.165) is 0 Å². The lowest BCUT2D eigenvalue weighted by molar-refractivity contribution is -0.122. The standard InChI is InChI=1S/C16H26N2O/c1-12-6-5-7-14(8-12)16(3,4)11-18-15(19)9-13(2)10-17/h5-8,13H,9-11,17H2,1-4H3,(H,18,19). The van der Waals surface area contributed by atoms with Crippen molar-refractivity contribution in [2.75, 3.05) is 13.1 Å². The summed E-state index contributed by atoms with van der Waals surface area (Å²) in [7, 11) is 0. The molecule has 0 aliphatic rings. The van der Waals surface area contributed by atoms with Crippen molar-refractivity contribution < 1.29 is 4.79 Å². The first-order valence-electron chi connectivity index (χ1n) is 6.89. The zero-order chi connectivity index (χ0) is 14.5. The van der Waals surface area contributed by atoms with Crippen LogP contribution in [-0.2, 0) is 10.2 Å². The lowest BCUT2D eigenvalue weighted by Gasteiger charge is -2.26. The lowest BCUT2D eigenvalue weighted by Crippen LogP contribution is -2.37. The fourth-order valence-electron chi connectivity index (χ4n) is 1.96. The predicted octanol–water partition coefficient (Wildman–Crippen LogP) is 2.37. The third-order valence-corrected chi connectivity index (χ3v) is 3.46. The largest absolute Gasteiger partial charge is 0.355 e. The maximum absolute atomic E-state index is 11.8. The van der Waals surface area contributed by atoms with Gasteiger partial charge in [-0.15, -0.1) is 0 Å². The van der Waals surface area contributed by atoms with Gasteiger partial charge in [0.2, 0.25) is 5.91 Å². The Bertz CT molecular complexity index is 427. The van der Waals surface area contributed by atoms with E-state index in [9.17, 15) is 4.79 Å². The van der Waals surface area contributed by atoms with Gasteiger partial charge >= 0.3 is 0 Å². The van der Waals surface area contributed by atoms with Gasteiger partial charge < -0.3 is 11.1 Å². The van der Waals surface area contributed by atoms with Gasteiger partial charge in [-0.1, -0.05) is 50.6 Å². The first-order chi connectivity index (χ1) is 8.85. The van der Waals surface area contributed by atoms with Crippen molar-refractivity contribution in [2.45, 2.75) is 39.5 Å². The zero-order valence-corrected chi connectivity index (χ0v) is 12.5. The highest BCUT2D eigenvalue weighted by Gasteiger charge is 2.21. The van der Waals surface area contributed by atoms with Gasteiger partial charge in [-0.05, 0) is 24.9 Å². The van der Waals surface area contributed by atoms with Gasteiger partial charge in [-0.3, -0.25) is 4.79 Å². The summed E-state index contributed by atoms with van der Waals surface area (Å²) in [6, 6.07) is 8.43. The van der Waals surface area contributed by atoms with Crippen LogP contribution in [0.25, 0.3) is 0 Å². The Balaban J connectivity index is 2.58. The van der Waals surface area contributed by atoms with E-state index in [1.807, 2.05) is 6.92 Å². The van der Waals surface area contributed by atoms with Crippen molar-refractivity contribution in [1.82, 2.24) is 5.32 Å². The van der Waals surface area contributed by atoms with Gasteiger partial charge in [0.05, 0.1) is 0 Å². The van der Waals surface area contributed by atoms with E-state index in [1.54, 1.807) is 0 Å². The second kappa shape index (κ2) is 6.71. The molecule has 0 saturated heterocycles. The molecule has 3 N–H and O–H groups in total. The summed E-state index contributed by atoms with van der Waals surface area (Å²) >= 11 is 0. The Morgan fingerprint density at radius 2 is 2.11 bits per heavy atom. The van der Waals surface area contributed by atoms with Crippen molar-refractivity contribution in [3.05, 3.63) is 35.4 Å². The predicted molar refractivity (Wildman–Crippen MR) is 80.1 cm³/mol. The molecule has 3 heteroatoms. The molecule has 0 aliphatic carbocycles. The van der Waals surface area contributed by atoms with Crippen LogP contribution in [0.2, 0.25) is 0 Å². The summed E-state index contributed by atoms with van der Waals surface area (Å²) in [5, 5.41) is 3.01. The third kappa shape index (κ3) is 5.03. The van der Waals surface area contributed by atoms with Crippen LogP contribution < -0.4 is 11.1 Å². The molecular formula is C16H26N2O. The maximum atomic E-state index is 11.8. The van der Waals surface area contributed by atoms with Crippen molar-refractivity contribution in [3.63, 3.8) is 0 Å². The molecule has 19 heavy (non-hydrogen) atoms. The molecule has 0 saturated carbocycles. The Kier molecular flexibility index (Phi) is 5.55. The van der Waals surface area contributed by atoms with Crippen LogP contribution in [0, 0.1) is 12.8 Å². The van der Waals surface area contributed by atoms with Crippen LogP contribution in [-0.4, -0.2) is 19.0 Å². The maximum Gasteiger partial charge on any atom is 0.220 e. The second-order valence-corrected chi connectivity index (χ2v) is 6.08. The normalized spacial score (nSPS) is 13.1. The minimum Gasteiger partial charge on any atom is -0.355 e. The molecule has 106 valence electrons. The Hall–Kier alpha value is -1.35. The molecule has 0 aliphatic heterocycles.